The SMILES string of the molecule is C=CC(=O)NC1Cc2c(N)cccc2N(c2ccc(C(F)(F)F)cc2)C1. The van der Waals surface area contributed by atoms with E-state index in [1.165, 1.54) is 18.2 Å². The molecule has 7 heteroatoms. The lowest BCUT2D eigenvalue weighted by Crippen LogP contribution is -2.46. The fourth-order valence-corrected chi connectivity index (χ4v) is 3.13. The van der Waals surface area contributed by atoms with Crippen LogP contribution < -0.4 is 16.0 Å². The Morgan fingerprint density at radius 3 is 2.54 bits per heavy atom. The van der Waals surface area contributed by atoms with Crippen molar-refractivity contribution >= 4 is 23.0 Å². The topological polar surface area (TPSA) is 58.4 Å². The van der Waals surface area contributed by atoms with Crippen LogP contribution in [0.4, 0.5) is 30.2 Å². The van der Waals surface area contributed by atoms with Gasteiger partial charge in [0.25, 0.3) is 0 Å². The minimum absolute atomic E-state index is 0.236. The predicted octanol–water partition coefficient (Wildman–Crippen LogP) is 3.65. The maximum Gasteiger partial charge on any atom is 0.416 e. The van der Waals surface area contributed by atoms with Gasteiger partial charge in [-0.2, -0.15) is 13.2 Å². The van der Waals surface area contributed by atoms with Crippen molar-refractivity contribution in [1.29, 1.82) is 0 Å². The number of anilines is 3. The molecule has 0 spiro atoms. The third-order valence-electron chi connectivity index (χ3n) is 4.37. The van der Waals surface area contributed by atoms with Crippen molar-refractivity contribution in [3.8, 4) is 0 Å². The van der Waals surface area contributed by atoms with Gasteiger partial charge in [0.15, 0.2) is 0 Å². The van der Waals surface area contributed by atoms with Crippen LogP contribution in [0.2, 0.25) is 0 Å². The second-order valence-corrected chi connectivity index (χ2v) is 6.11. The summed E-state index contributed by atoms with van der Waals surface area (Å²) in [6, 6.07) is 10.1. The van der Waals surface area contributed by atoms with E-state index in [0.717, 1.165) is 23.4 Å². The number of amides is 1. The quantitative estimate of drug-likeness (QED) is 0.648. The maximum atomic E-state index is 12.8. The molecular weight excluding hydrogens is 343 g/mol. The number of fused-ring (bicyclic) bond motifs is 1. The van der Waals surface area contributed by atoms with Gasteiger partial charge >= 0.3 is 6.18 Å². The molecule has 0 saturated heterocycles. The second kappa shape index (κ2) is 6.74. The van der Waals surface area contributed by atoms with Crippen molar-refractivity contribution in [3.05, 3.63) is 66.2 Å². The maximum absolute atomic E-state index is 12.8. The number of nitrogens with zero attached hydrogens (tertiary/aromatic N) is 1. The average Bonchev–Trinajstić information content (AvgIpc) is 2.61. The molecule has 1 atom stereocenters. The highest BCUT2D eigenvalue weighted by Gasteiger charge is 2.31. The average molecular weight is 361 g/mol. The molecule has 1 amide bonds. The number of rotatable bonds is 3. The first kappa shape index (κ1) is 17.8. The Morgan fingerprint density at radius 2 is 1.92 bits per heavy atom. The van der Waals surface area contributed by atoms with E-state index in [9.17, 15) is 18.0 Å². The van der Waals surface area contributed by atoms with Crippen LogP contribution in [-0.2, 0) is 17.4 Å². The highest BCUT2D eigenvalue weighted by atomic mass is 19.4. The zero-order valence-corrected chi connectivity index (χ0v) is 13.9. The molecule has 2 aromatic carbocycles. The summed E-state index contributed by atoms with van der Waals surface area (Å²) in [7, 11) is 0. The van der Waals surface area contributed by atoms with Crippen LogP contribution in [0.15, 0.2) is 55.1 Å². The van der Waals surface area contributed by atoms with Crippen molar-refractivity contribution in [2.24, 2.45) is 0 Å². The number of nitrogens with one attached hydrogen (secondary N) is 1. The van der Waals surface area contributed by atoms with E-state index in [4.69, 9.17) is 5.73 Å². The van der Waals surface area contributed by atoms with Crippen molar-refractivity contribution in [2.45, 2.75) is 18.6 Å². The molecule has 0 fully saturated rings. The van der Waals surface area contributed by atoms with Gasteiger partial charge in [-0.25, -0.2) is 0 Å². The molecular formula is C19H18F3N3O. The summed E-state index contributed by atoms with van der Waals surface area (Å²) in [4.78, 5) is 13.5. The van der Waals surface area contributed by atoms with Crippen molar-refractivity contribution in [3.63, 3.8) is 0 Å². The fraction of sp³-hybridized carbons (Fsp3) is 0.211. The van der Waals surface area contributed by atoms with Crippen LogP contribution in [0.3, 0.4) is 0 Å². The zero-order chi connectivity index (χ0) is 18.9. The van der Waals surface area contributed by atoms with E-state index >= 15 is 0 Å². The Balaban J connectivity index is 1.98. The first-order valence-electron chi connectivity index (χ1n) is 8.04. The van der Waals surface area contributed by atoms with E-state index in [1.54, 1.807) is 12.1 Å². The van der Waals surface area contributed by atoms with Crippen molar-refractivity contribution in [2.75, 3.05) is 17.2 Å². The van der Waals surface area contributed by atoms with Gasteiger partial charge in [-0.05, 0) is 48.9 Å². The van der Waals surface area contributed by atoms with Gasteiger partial charge in [-0.3, -0.25) is 4.79 Å². The highest BCUT2D eigenvalue weighted by molar-refractivity contribution is 5.87. The normalized spacial score (nSPS) is 16.7. The van der Waals surface area contributed by atoms with Crippen molar-refractivity contribution < 1.29 is 18.0 Å². The number of nitrogen functional groups attached to an aromatic ring is 1. The van der Waals surface area contributed by atoms with Gasteiger partial charge < -0.3 is 16.0 Å². The van der Waals surface area contributed by atoms with Crippen LogP contribution in [-0.4, -0.2) is 18.5 Å². The highest BCUT2D eigenvalue weighted by Crippen LogP contribution is 2.37. The van der Waals surface area contributed by atoms with Gasteiger partial charge in [-0.1, -0.05) is 12.6 Å². The van der Waals surface area contributed by atoms with Crippen LogP contribution in [0, 0.1) is 0 Å². The summed E-state index contributed by atoms with van der Waals surface area (Å²) < 4.78 is 38.4. The molecule has 136 valence electrons. The molecule has 0 aromatic heterocycles. The molecule has 1 unspecified atom stereocenters. The van der Waals surface area contributed by atoms with E-state index in [0.29, 0.717) is 24.3 Å². The summed E-state index contributed by atoms with van der Waals surface area (Å²) in [6.07, 6.45) is -2.66. The molecule has 0 bridgehead atoms. The largest absolute Gasteiger partial charge is 0.416 e. The minimum atomic E-state index is -4.39. The molecule has 0 radical (unpaired) electrons. The summed E-state index contributed by atoms with van der Waals surface area (Å²) >= 11 is 0. The monoisotopic (exact) mass is 361 g/mol. The lowest BCUT2D eigenvalue weighted by molar-refractivity contribution is -0.137. The number of halogens is 3. The third-order valence-corrected chi connectivity index (χ3v) is 4.37. The molecule has 4 nitrogen and oxygen atoms in total. The molecule has 3 rings (SSSR count). The summed E-state index contributed by atoms with van der Waals surface area (Å²) in [5.41, 5.74) is 8.24. The van der Waals surface area contributed by atoms with E-state index in [1.807, 2.05) is 11.0 Å². The van der Waals surface area contributed by atoms with Crippen LogP contribution in [0.1, 0.15) is 11.1 Å². The lowest BCUT2D eigenvalue weighted by atomic mass is 9.95. The minimum Gasteiger partial charge on any atom is -0.398 e. The Bertz CT molecular complexity index is 831. The summed E-state index contributed by atoms with van der Waals surface area (Å²) in [5, 5.41) is 2.84. The number of hydrogen-bond acceptors (Lipinski definition) is 3. The first-order valence-corrected chi connectivity index (χ1v) is 8.04. The van der Waals surface area contributed by atoms with E-state index in [-0.39, 0.29) is 11.9 Å². The molecule has 0 aliphatic carbocycles. The number of carbonyl (C=O) groups excluding carboxylic acids is 1. The molecule has 1 aliphatic rings. The number of benzene rings is 2. The van der Waals surface area contributed by atoms with Crippen LogP contribution in [0.25, 0.3) is 0 Å². The Kier molecular flexibility index (Phi) is 4.63. The summed E-state index contributed by atoms with van der Waals surface area (Å²) in [5.74, 6) is -0.305. The van der Waals surface area contributed by atoms with E-state index in [2.05, 4.69) is 11.9 Å². The third kappa shape index (κ3) is 3.51. The van der Waals surface area contributed by atoms with Crippen LogP contribution in [0.5, 0.6) is 0 Å². The number of hydrogen-bond donors (Lipinski definition) is 2. The van der Waals surface area contributed by atoms with Gasteiger partial charge in [0.2, 0.25) is 5.91 Å². The lowest BCUT2D eigenvalue weighted by Gasteiger charge is -2.37. The first-order chi connectivity index (χ1) is 12.3. The van der Waals surface area contributed by atoms with Gasteiger partial charge in [0, 0.05) is 29.2 Å². The molecule has 1 aliphatic heterocycles. The van der Waals surface area contributed by atoms with E-state index < -0.39 is 11.7 Å². The Hall–Kier alpha value is -2.96. The van der Waals surface area contributed by atoms with Gasteiger partial charge in [0.05, 0.1) is 11.6 Å². The molecule has 0 saturated carbocycles. The van der Waals surface area contributed by atoms with Crippen molar-refractivity contribution in [1.82, 2.24) is 5.32 Å². The Morgan fingerprint density at radius 1 is 1.23 bits per heavy atom. The van der Waals surface area contributed by atoms with Crippen LogP contribution >= 0.6 is 0 Å². The predicted molar refractivity (Wildman–Crippen MR) is 95.1 cm³/mol. The smallest absolute Gasteiger partial charge is 0.398 e. The summed E-state index contributed by atoms with van der Waals surface area (Å²) in [6.45, 7) is 3.86. The second-order valence-electron chi connectivity index (χ2n) is 6.11. The number of alkyl halides is 3. The zero-order valence-electron chi connectivity index (χ0n) is 13.9. The fourth-order valence-electron chi connectivity index (χ4n) is 3.13. The number of nitrogens with two attached hydrogens (primary N) is 1. The van der Waals surface area contributed by atoms with Gasteiger partial charge in [0.1, 0.15) is 0 Å². The number of carbonyl (C=O) groups is 1. The van der Waals surface area contributed by atoms with Gasteiger partial charge in [-0.15, -0.1) is 0 Å². The molecule has 3 N–H and O–H groups in total. The standard InChI is InChI=1S/C19H18F3N3O/c1-2-18(26)24-13-10-15-16(23)4-3-5-17(15)25(11-13)14-8-6-12(7-9-14)19(20,21)22/h2-9,13H,1,10-11,23H2,(H,24,26). The Labute approximate surface area is 149 Å². The molecule has 1 heterocycles. The molecule has 26 heavy (non-hydrogen) atoms. The molecule has 2 aromatic rings.